The Kier molecular flexibility index (Phi) is 5.53. The molecule has 0 spiro atoms. The molecule has 0 aliphatic rings. The zero-order chi connectivity index (χ0) is 22.3. The first-order valence-corrected chi connectivity index (χ1v) is 9.04. The normalized spacial score (nSPS) is 13.7. The summed E-state index contributed by atoms with van der Waals surface area (Å²) in [5.74, 6) is -1.52. The lowest BCUT2D eigenvalue weighted by atomic mass is 10.1. The first-order chi connectivity index (χ1) is 13.9. The zero-order valence-corrected chi connectivity index (χ0v) is 16.7. The maximum atomic E-state index is 13.4. The second-order valence-corrected chi connectivity index (χ2v) is 7.32. The van der Waals surface area contributed by atoms with Crippen LogP contribution in [-0.4, -0.2) is 31.4 Å². The summed E-state index contributed by atoms with van der Waals surface area (Å²) in [5.41, 5.74) is -4.17. The van der Waals surface area contributed by atoms with Crippen LogP contribution < -0.4 is 5.32 Å². The van der Waals surface area contributed by atoms with Crippen molar-refractivity contribution in [2.45, 2.75) is 25.2 Å². The van der Waals surface area contributed by atoms with Crippen molar-refractivity contribution in [3.63, 3.8) is 0 Å². The molecular formula is C18H12BrF4N5O2. The smallest absolute Gasteiger partial charge is 0.378 e. The van der Waals surface area contributed by atoms with Gasteiger partial charge < -0.3 is 10.4 Å². The number of carbonyl (C=O) groups is 1. The van der Waals surface area contributed by atoms with Gasteiger partial charge in [0.25, 0.3) is 5.91 Å². The summed E-state index contributed by atoms with van der Waals surface area (Å²) in [4.78, 5) is 15.9. The summed E-state index contributed by atoms with van der Waals surface area (Å²) in [7, 11) is 0. The monoisotopic (exact) mass is 485 g/mol. The van der Waals surface area contributed by atoms with E-state index < -0.39 is 34.8 Å². The van der Waals surface area contributed by atoms with Crippen molar-refractivity contribution in [1.82, 2.24) is 14.8 Å². The molecule has 2 heterocycles. The number of amides is 1. The van der Waals surface area contributed by atoms with E-state index in [-0.39, 0.29) is 12.2 Å². The van der Waals surface area contributed by atoms with Crippen molar-refractivity contribution in [2.75, 3.05) is 5.32 Å². The number of pyridine rings is 1. The molecule has 156 valence electrons. The van der Waals surface area contributed by atoms with Gasteiger partial charge in [-0.05, 0) is 47.1 Å². The van der Waals surface area contributed by atoms with Crippen LogP contribution in [0.3, 0.4) is 0 Å². The highest BCUT2D eigenvalue weighted by Crippen LogP contribution is 2.33. The fraction of sp³-hybridized carbons (Fsp3) is 0.222. The number of hydrogen-bond acceptors (Lipinski definition) is 5. The van der Waals surface area contributed by atoms with Gasteiger partial charge in [0.05, 0.1) is 29.5 Å². The lowest BCUT2D eigenvalue weighted by molar-refractivity contribution is -0.138. The zero-order valence-electron chi connectivity index (χ0n) is 15.1. The average Bonchev–Trinajstić information content (AvgIpc) is 2.95. The fourth-order valence-corrected chi connectivity index (χ4v) is 3.21. The van der Waals surface area contributed by atoms with E-state index in [2.05, 4.69) is 31.3 Å². The minimum absolute atomic E-state index is 0.291. The van der Waals surface area contributed by atoms with Crippen LogP contribution in [0.2, 0.25) is 0 Å². The van der Waals surface area contributed by atoms with Gasteiger partial charge in [0, 0.05) is 5.39 Å². The van der Waals surface area contributed by atoms with E-state index in [4.69, 9.17) is 5.26 Å². The van der Waals surface area contributed by atoms with Gasteiger partial charge >= 0.3 is 6.18 Å². The van der Waals surface area contributed by atoms with Crippen molar-refractivity contribution in [3.05, 3.63) is 52.1 Å². The van der Waals surface area contributed by atoms with Gasteiger partial charge in [-0.1, -0.05) is 0 Å². The number of fused-ring (bicyclic) bond motifs is 1. The molecule has 0 bridgehead atoms. The number of anilines is 1. The molecule has 0 radical (unpaired) electrons. The minimum Gasteiger partial charge on any atom is -0.378 e. The van der Waals surface area contributed by atoms with E-state index in [0.717, 1.165) is 13.1 Å². The van der Waals surface area contributed by atoms with Crippen molar-refractivity contribution in [1.29, 1.82) is 5.26 Å². The van der Waals surface area contributed by atoms with Gasteiger partial charge in [0.2, 0.25) is 0 Å². The van der Waals surface area contributed by atoms with E-state index in [1.165, 1.54) is 29.0 Å². The first kappa shape index (κ1) is 21.7. The largest absolute Gasteiger partial charge is 0.419 e. The molecule has 1 unspecified atom stereocenters. The molecule has 2 aromatic heterocycles. The molecule has 30 heavy (non-hydrogen) atoms. The Bertz CT molecular complexity index is 1180. The fourth-order valence-electron chi connectivity index (χ4n) is 2.70. The van der Waals surface area contributed by atoms with Crippen LogP contribution in [-0.2, 0) is 17.5 Å². The lowest BCUT2D eigenvalue weighted by Crippen LogP contribution is -2.44. The number of halogens is 5. The number of aliphatic hydroxyl groups is 1. The number of nitrogens with zero attached hydrogens (tertiary/aromatic N) is 4. The minimum atomic E-state index is -4.85. The number of rotatable bonds is 4. The molecule has 0 saturated heterocycles. The molecule has 12 heteroatoms. The van der Waals surface area contributed by atoms with Crippen molar-refractivity contribution in [2.24, 2.45) is 0 Å². The second kappa shape index (κ2) is 7.66. The summed E-state index contributed by atoms with van der Waals surface area (Å²) in [6.07, 6.45) is -3.97. The van der Waals surface area contributed by atoms with E-state index >= 15 is 0 Å². The Labute approximate surface area is 175 Å². The van der Waals surface area contributed by atoms with Crippen molar-refractivity contribution < 1.29 is 27.5 Å². The summed E-state index contributed by atoms with van der Waals surface area (Å²) in [6.45, 7) is 0.775. The number of benzene rings is 1. The molecule has 2 N–H and O–H groups in total. The Balaban J connectivity index is 1.86. The summed E-state index contributed by atoms with van der Waals surface area (Å²) in [5, 5.41) is 26.0. The Hall–Kier alpha value is -3.04. The molecule has 0 fully saturated rings. The molecule has 1 aromatic carbocycles. The van der Waals surface area contributed by atoms with Crippen LogP contribution >= 0.6 is 15.9 Å². The van der Waals surface area contributed by atoms with Crippen LogP contribution in [0, 0.1) is 17.1 Å². The Morgan fingerprint density at radius 2 is 2.07 bits per heavy atom. The van der Waals surface area contributed by atoms with Gasteiger partial charge in [0.1, 0.15) is 16.5 Å². The van der Waals surface area contributed by atoms with Gasteiger partial charge in [-0.3, -0.25) is 9.48 Å². The predicted molar refractivity (Wildman–Crippen MR) is 101 cm³/mol. The highest BCUT2D eigenvalue weighted by Gasteiger charge is 2.36. The molecule has 1 atom stereocenters. The molecule has 1 amide bonds. The van der Waals surface area contributed by atoms with Crippen molar-refractivity contribution in [3.8, 4) is 6.07 Å². The molecule has 0 saturated carbocycles. The first-order valence-electron chi connectivity index (χ1n) is 8.25. The quantitative estimate of drug-likeness (QED) is 0.549. The maximum Gasteiger partial charge on any atom is 0.419 e. The third-order valence-electron chi connectivity index (χ3n) is 4.17. The standard InChI is InChI=1S/C18H12BrF4N5O2/c1-17(30,8-28-14-3-2-9(20)4-11(14)15(19)27-28)16(29)26-10-5-12(18(21,22)23)13(6-24)25-7-10/h2-5,7,30H,8H2,1H3,(H,26,29). The molecule has 0 aliphatic heterocycles. The molecule has 0 aliphatic carbocycles. The topological polar surface area (TPSA) is 104 Å². The molecule has 3 rings (SSSR count). The van der Waals surface area contributed by atoms with Gasteiger partial charge in [0.15, 0.2) is 11.3 Å². The lowest BCUT2D eigenvalue weighted by Gasteiger charge is -2.23. The van der Waals surface area contributed by atoms with E-state index in [9.17, 15) is 27.5 Å². The molecule has 3 aromatic rings. The van der Waals surface area contributed by atoms with Crippen LogP contribution in [0.25, 0.3) is 10.9 Å². The van der Waals surface area contributed by atoms with Crippen molar-refractivity contribution >= 4 is 38.4 Å². The van der Waals surface area contributed by atoms with Gasteiger partial charge in [-0.15, -0.1) is 0 Å². The Morgan fingerprint density at radius 3 is 2.70 bits per heavy atom. The van der Waals surface area contributed by atoms with Gasteiger partial charge in [-0.25, -0.2) is 9.37 Å². The van der Waals surface area contributed by atoms with E-state index in [1.807, 2.05) is 0 Å². The average molecular weight is 486 g/mol. The Morgan fingerprint density at radius 1 is 1.37 bits per heavy atom. The third-order valence-corrected chi connectivity index (χ3v) is 4.76. The number of hydrogen-bond donors (Lipinski definition) is 2. The highest BCUT2D eigenvalue weighted by molar-refractivity contribution is 9.10. The maximum absolute atomic E-state index is 13.4. The highest BCUT2D eigenvalue weighted by atomic mass is 79.9. The summed E-state index contributed by atoms with van der Waals surface area (Å²) < 4.78 is 54.2. The van der Waals surface area contributed by atoms with Crippen LogP contribution in [0.1, 0.15) is 18.2 Å². The summed E-state index contributed by atoms with van der Waals surface area (Å²) in [6, 6.07) is 5.71. The molecular weight excluding hydrogens is 474 g/mol. The number of nitrogens with one attached hydrogen (secondary N) is 1. The number of nitriles is 1. The van der Waals surface area contributed by atoms with Gasteiger partial charge in [-0.2, -0.15) is 23.5 Å². The predicted octanol–water partition coefficient (Wildman–Crippen LogP) is 3.61. The van der Waals surface area contributed by atoms with E-state index in [0.29, 0.717) is 21.6 Å². The van der Waals surface area contributed by atoms with Crippen LogP contribution in [0.5, 0.6) is 0 Å². The third kappa shape index (κ3) is 4.27. The second-order valence-electron chi connectivity index (χ2n) is 6.57. The number of alkyl halides is 3. The van der Waals surface area contributed by atoms with E-state index in [1.54, 1.807) is 0 Å². The molecule has 7 nitrogen and oxygen atoms in total. The SMILES string of the molecule is CC(O)(Cn1nc(Br)c2cc(F)ccc21)C(=O)Nc1cnc(C#N)c(C(F)(F)F)c1. The summed E-state index contributed by atoms with van der Waals surface area (Å²) >= 11 is 3.17. The van der Waals surface area contributed by atoms with Crippen LogP contribution in [0.4, 0.5) is 23.2 Å². The van der Waals surface area contributed by atoms with Crippen LogP contribution in [0.15, 0.2) is 35.1 Å². The number of carbonyl (C=O) groups excluding carboxylic acids is 1. The number of aromatic nitrogens is 3.